The van der Waals surface area contributed by atoms with Crippen molar-refractivity contribution in [1.82, 2.24) is 20.4 Å². The molecule has 0 aliphatic heterocycles. The molecule has 0 fully saturated rings. The molecule has 0 bridgehead atoms. The van der Waals surface area contributed by atoms with Gasteiger partial charge in [0.25, 0.3) is 11.8 Å². The minimum atomic E-state index is -0.426. The number of benzene rings is 1. The molecule has 3 rings (SSSR count). The molecule has 114 valence electrons. The molecule has 0 saturated carbocycles. The molecule has 0 aliphatic carbocycles. The fourth-order valence-electron chi connectivity index (χ4n) is 2.14. The first-order chi connectivity index (χ1) is 11.3. The van der Waals surface area contributed by atoms with Crippen LogP contribution in [0.5, 0.6) is 0 Å². The largest absolute Gasteiger partial charge is 0.323 e. The number of carbonyl (C=O) groups is 2. The Labute approximate surface area is 132 Å². The summed E-state index contributed by atoms with van der Waals surface area (Å²) in [6.07, 6.45) is 6.69. The lowest BCUT2D eigenvalue weighted by atomic mass is 10.1. The summed E-state index contributed by atoms with van der Waals surface area (Å²) >= 11 is 0. The van der Waals surface area contributed by atoms with E-state index in [2.05, 4.69) is 15.8 Å². The van der Waals surface area contributed by atoms with Crippen molar-refractivity contribution in [2.45, 2.75) is 0 Å². The van der Waals surface area contributed by atoms with Crippen LogP contribution in [0.1, 0.15) is 20.7 Å². The van der Waals surface area contributed by atoms with Crippen molar-refractivity contribution in [1.29, 1.82) is 0 Å². The first-order valence-corrected chi connectivity index (χ1v) is 6.99. The van der Waals surface area contributed by atoms with Crippen molar-refractivity contribution >= 4 is 11.8 Å². The average molecular weight is 306 g/mol. The lowest BCUT2D eigenvalue weighted by molar-refractivity contribution is 0.0846. The predicted octanol–water partition coefficient (Wildman–Crippen LogP) is 1.95. The SMILES string of the molecule is O=C(NNC(=O)c1ccccc1-n1cccc1)c1cccnc1. The second kappa shape index (κ2) is 6.57. The summed E-state index contributed by atoms with van der Waals surface area (Å²) in [5.41, 5.74) is 6.35. The molecule has 2 amide bonds. The quantitative estimate of drug-likeness (QED) is 0.726. The summed E-state index contributed by atoms with van der Waals surface area (Å²) in [5.74, 6) is -0.823. The highest BCUT2D eigenvalue weighted by atomic mass is 16.2. The molecule has 6 nitrogen and oxygen atoms in total. The molecule has 0 radical (unpaired) electrons. The minimum absolute atomic E-state index is 0.367. The number of hydrazine groups is 1. The second-order valence-electron chi connectivity index (χ2n) is 4.76. The van der Waals surface area contributed by atoms with Crippen LogP contribution in [0, 0.1) is 0 Å². The summed E-state index contributed by atoms with van der Waals surface area (Å²) in [4.78, 5) is 28.1. The van der Waals surface area contributed by atoms with Crippen LogP contribution in [0.25, 0.3) is 5.69 Å². The molecule has 2 N–H and O–H groups in total. The highest BCUT2D eigenvalue weighted by Crippen LogP contribution is 2.14. The zero-order chi connectivity index (χ0) is 16.1. The Morgan fingerprint density at radius 2 is 1.61 bits per heavy atom. The maximum absolute atomic E-state index is 12.3. The van der Waals surface area contributed by atoms with Gasteiger partial charge in [0.1, 0.15) is 0 Å². The zero-order valence-electron chi connectivity index (χ0n) is 12.1. The van der Waals surface area contributed by atoms with Crippen molar-refractivity contribution in [3.8, 4) is 5.69 Å². The Balaban J connectivity index is 1.73. The molecule has 0 spiro atoms. The Morgan fingerprint density at radius 1 is 0.870 bits per heavy atom. The lowest BCUT2D eigenvalue weighted by Gasteiger charge is -2.11. The zero-order valence-corrected chi connectivity index (χ0v) is 12.1. The molecule has 0 aliphatic rings. The van der Waals surface area contributed by atoms with Crippen molar-refractivity contribution in [2.75, 3.05) is 0 Å². The standard InChI is InChI=1S/C17H14N4O2/c22-16(13-6-5-9-18-12-13)19-20-17(23)14-7-1-2-8-15(14)21-10-3-4-11-21/h1-12H,(H,19,22)(H,20,23). The van der Waals surface area contributed by atoms with E-state index >= 15 is 0 Å². The topological polar surface area (TPSA) is 76.0 Å². The van der Waals surface area contributed by atoms with Gasteiger partial charge in [-0.2, -0.15) is 0 Å². The van der Waals surface area contributed by atoms with Gasteiger partial charge in [-0.05, 0) is 36.4 Å². The predicted molar refractivity (Wildman–Crippen MR) is 84.9 cm³/mol. The van der Waals surface area contributed by atoms with Crippen molar-refractivity contribution < 1.29 is 9.59 Å². The monoisotopic (exact) mass is 306 g/mol. The van der Waals surface area contributed by atoms with Crippen LogP contribution in [0.15, 0.2) is 73.3 Å². The second-order valence-corrected chi connectivity index (χ2v) is 4.76. The van der Waals surface area contributed by atoms with Crippen molar-refractivity contribution in [3.63, 3.8) is 0 Å². The number of pyridine rings is 1. The molecule has 2 heterocycles. The number of para-hydroxylation sites is 1. The van der Waals surface area contributed by atoms with E-state index in [1.807, 2.05) is 41.2 Å². The number of amides is 2. The highest BCUT2D eigenvalue weighted by Gasteiger charge is 2.13. The van der Waals surface area contributed by atoms with E-state index in [9.17, 15) is 9.59 Å². The molecule has 0 saturated heterocycles. The summed E-state index contributed by atoms with van der Waals surface area (Å²) in [7, 11) is 0. The normalized spacial score (nSPS) is 10.1. The first-order valence-electron chi connectivity index (χ1n) is 6.99. The van der Waals surface area contributed by atoms with Crippen LogP contribution in [0.2, 0.25) is 0 Å². The van der Waals surface area contributed by atoms with E-state index in [-0.39, 0.29) is 0 Å². The van der Waals surface area contributed by atoms with Crippen LogP contribution in [0.4, 0.5) is 0 Å². The molecule has 23 heavy (non-hydrogen) atoms. The van der Waals surface area contributed by atoms with E-state index in [4.69, 9.17) is 0 Å². The molecule has 2 aromatic heterocycles. The Bertz CT molecular complexity index is 814. The van der Waals surface area contributed by atoms with E-state index in [0.717, 1.165) is 5.69 Å². The Kier molecular flexibility index (Phi) is 4.15. The number of hydrogen-bond donors (Lipinski definition) is 2. The van der Waals surface area contributed by atoms with Gasteiger partial charge in [-0.25, -0.2) is 0 Å². The van der Waals surface area contributed by atoms with Gasteiger partial charge in [-0.3, -0.25) is 25.4 Å². The van der Waals surface area contributed by atoms with Gasteiger partial charge < -0.3 is 4.57 Å². The van der Waals surface area contributed by atoms with E-state index in [1.54, 1.807) is 30.5 Å². The molecule has 0 atom stereocenters. The molecule has 6 heteroatoms. The fraction of sp³-hybridized carbons (Fsp3) is 0. The van der Waals surface area contributed by atoms with Crippen molar-refractivity contribution in [3.05, 3.63) is 84.4 Å². The molecular formula is C17H14N4O2. The van der Waals surface area contributed by atoms with Gasteiger partial charge in [-0.1, -0.05) is 12.1 Å². The van der Waals surface area contributed by atoms with Gasteiger partial charge in [0.2, 0.25) is 0 Å². The molecule has 3 aromatic rings. The fourth-order valence-corrected chi connectivity index (χ4v) is 2.14. The third kappa shape index (κ3) is 3.26. The molecular weight excluding hydrogens is 292 g/mol. The molecule has 1 aromatic carbocycles. The van der Waals surface area contributed by atoms with Crippen LogP contribution in [-0.2, 0) is 0 Å². The van der Waals surface area contributed by atoms with Crippen molar-refractivity contribution in [2.24, 2.45) is 0 Å². The van der Waals surface area contributed by atoms with Crippen LogP contribution in [-0.4, -0.2) is 21.4 Å². The van der Waals surface area contributed by atoms with Gasteiger partial charge in [-0.15, -0.1) is 0 Å². The Hall–Kier alpha value is -3.41. The van der Waals surface area contributed by atoms with Crippen LogP contribution in [0.3, 0.4) is 0 Å². The Morgan fingerprint density at radius 3 is 2.35 bits per heavy atom. The smallest absolute Gasteiger partial charge is 0.271 e. The minimum Gasteiger partial charge on any atom is -0.323 e. The highest BCUT2D eigenvalue weighted by molar-refractivity contribution is 6.00. The lowest BCUT2D eigenvalue weighted by Crippen LogP contribution is -2.42. The van der Waals surface area contributed by atoms with Gasteiger partial charge in [0, 0.05) is 24.8 Å². The van der Waals surface area contributed by atoms with Gasteiger partial charge in [0.15, 0.2) is 0 Å². The third-order valence-electron chi connectivity index (χ3n) is 3.24. The van der Waals surface area contributed by atoms with Gasteiger partial charge >= 0.3 is 0 Å². The van der Waals surface area contributed by atoms with Crippen LogP contribution >= 0.6 is 0 Å². The van der Waals surface area contributed by atoms with Crippen LogP contribution < -0.4 is 10.9 Å². The van der Waals surface area contributed by atoms with E-state index in [0.29, 0.717) is 11.1 Å². The van der Waals surface area contributed by atoms with E-state index < -0.39 is 11.8 Å². The number of hydrogen-bond acceptors (Lipinski definition) is 3. The maximum Gasteiger partial charge on any atom is 0.271 e. The van der Waals surface area contributed by atoms with Gasteiger partial charge in [0.05, 0.1) is 16.8 Å². The maximum atomic E-state index is 12.3. The summed E-state index contributed by atoms with van der Waals surface area (Å²) < 4.78 is 1.83. The summed E-state index contributed by atoms with van der Waals surface area (Å²) in [5, 5.41) is 0. The average Bonchev–Trinajstić information content (AvgIpc) is 3.14. The number of aromatic nitrogens is 2. The summed E-state index contributed by atoms with van der Waals surface area (Å²) in [6.45, 7) is 0. The number of carbonyl (C=O) groups excluding carboxylic acids is 2. The first kappa shape index (κ1) is 14.5. The summed E-state index contributed by atoms with van der Waals surface area (Å²) in [6, 6.07) is 14.2. The number of rotatable bonds is 3. The molecule has 0 unspecified atom stereocenters. The number of nitrogens with zero attached hydrogens (tertiary/aromatic N) is 2. The number of nitrogens with one attached hydrogen (secondary N) is 2. The third-order valence-corrected chi connectivity index (χ3v) is 3.24. The van der Waals surface area contributed by atoms with E-state index in [1.165, 1.54) is 6.20 Å².